The van der Waals surface area contributed by atoms with Crippen LogP contribution in [0.4, 0.5) is 0 Å². The summed E-state index contributed by atoms with van der Waals surface area (Å²) in [7, 11) is -0.771. The maximum atomic E-state index is 12.4. The summed E-state index contributed by atoms with van der Waals surface area (Å²) in [6.07, 6.45) is 0. The number of aryl methyl sites for hydroxylation is 2. The van der Waals surface area contributed by atoms with Gasteiger partial charge in [0.15, 0.2) is 0 Å². The van der Waals surface area contributed by atoms with Crippen LogP contribution in [0, 0.1) is 19.8 Å². The van der Waals surface area contributed by atoms with Crippen molar-refractivity contribution >= 4 is 28.0 Å². The van der Waals surface area contributed by atoms with Crippen molar-refractivity contribution in [3.8, 4) is 0 Å². The zero-order valence-corrected chi connectivity index (χ0v) is 12.7. The summed E-state index contributed by atoms with van der Waals surface area (Å²) in [6, 6.07) is 1.97. The Bertz CT molecular complexity index is 462. The second-order valence-corrected chi connectivity index (χ2v) is 7.89. The van der Waals surface area contributed by atoms with Gasteiger partial charge in [0.1, 0.15) is 0 Å². The third kappa shape index (κ3) is 3.01. The second-order valence-electron chi connectivity index (χ2n) is 5.02. The zero-order chi connectivity index (χ0) is 13.3. The molecule has 1 aliphatic heterocycles. The molecule has 2 rings (SSSR count). The minimum absolute atomic E-state index is 0.0990. The number of hydrogen-bond acceptors (Lipinski definition) is 3. The van der Waals surface area contributed by atoms with Crippen LogP contribution in [-0.4, -0.2) is 39.6 Å². The molecule has 100 valence electrons. The molecule has 1 aromatic heterocycles. The highest BCUT2D eigenvalue weighted by molar-refractivity contribution is 7.85. The maximum absolute atomic E-state index is 12.4. The molecule has 3 nitrogen and oxygen atoms in total. The largest absolute Gasteiger partial charge is 0.337 e. The Balaban J connectivity index is 2.15. The molecule has 1 fully saturated rings. The third-order valence-electron chi connectivity index (χ3n) is 3.26. The lowest BCUT2D eigenvalue weighted by molar-refractivity contribution is 0.0756. The lowest BCUT2D eigenvalue weighted by Gasteiger charge is -2.21. The number of nitrogens with zero attached hydrogens (tertiary/aromatic N) is 1. The molecule has 5 heteroatoms. The van der Waals surface area contributed by atoms with E-state index in [2.05, 4.69) is 6.92 Å². The molecule has 2 atom stereocenters. The van der Waals surface area contributed by atoms with Crippen molar-refractivity contribution in [2.45, 2.75) is 20.8 Å². The van der Waals surface area contributed by atoms with Gasteiger partial charge in [-0.15, -0.1) is 11.3 Å². The average Bonchev–Trinajstić information content (AvgIpc) is 2.53. The van der Waals surface area contributed by atoms with Gasteiger partial charge in [0.25, 0.3) is 5.91 Å². The molecule has 0 saturated carbocycles. The molecule has 18 heavy (non-hydrogen) atoms. The van der Waals surface area contributed by atoms with Crippen LogP contribution < -0.4 is 0 Å². The summed E-state index contributed by atoms with van der Waals surface area (Å²) >= 11 is 1.56. The molecule has 0 N–H and O–H groups in total. The predicted molar refractivity (Wildman–Crippen MR) is 76.7 cm³/mol. The fourth-order valence-electron chi connectivity index (χ4n) is 2.15. The van der Waals surface area contributed by atoms with Crippen molar-refractivity contribution in [3.05, 3.63) is 21.4 Å². The fraction of sp³-hybridized carbons (Fsp3) is 0.615. The van der Waals surface area contributed by atoms with Crippen LogP contribution in [0.5, 0.6) is 0 Å². The summed E-state index contributed by atoms with van der Waals surface area (Å²) < 4.78 is 11.6. The number of carbonyl (C=O) groups excluding carboxylic acids is 1. The first kappa shape index (κ1) is 13.7. The molecule has 1 saturated heterocycles. The minimum Gasteiger partial charge on any atom is -0.337 e. The molecule has 0 aliphatic carbocycles. The van der Waals surface area contributed by atoms with Crippen molar-refractivity contribution in [2.75, 3.05) is 24.6 Å². The average molecular weight is 285 g/mol. The van der Waals surface area contributed by atoms with Crippen LogP contribution in [0.1, 0.15) is 27.0 Å². The molecule has 2 heterocycles. The highest BCUT2D eigenvalue weighted by Crippen LogP contribution is 2.23. The Hall–Kier alpha value is -0.680. The smallest absolute Gasteiger partial charge is 0.263 e. The minimum atomic E-state index is -0.771. The van der Waals surface area contributed by atoms with Gasteiger partial charge in [-0.3, -0.25) is 9.00 Å². The van der Waals surface area contributed by atoms with E-state index in [0.29, 0.717) is 24.0 Å². The van der Waals surface area contributed by atoms with Crippen LogP contribution >= 0.6 is 11.3 Å². The van der Waals surface area contributed by atoms with Crippen LogP contribution in [0.15, 0.2) is 6.07 Å². The number of carbonyl (C=O) groups is 1. The number of thiophene rings is 1. The topological polar surface area (TPSA) is 37.4 Å². The molecule has 1 aliphatic rings. The van der Waals surface area contributed by atoms with Crippen LogP contribution in [-0.2, 0) is 10.8 Å². The summed E-state index contributed by atoms with van der Waals surface area (Å²) in [4.78, 5) is 16.3. The fourth-order valence-corrected chi connectivity index (χ4v) is 4.48. The van der Waals surface area contributed by atoms with Gasteiger partial charge in [0.05, 0.1) is 4.88 Å². The Labute approximate surface area is 115 Å². The van der Waals surface area contributed by atoms with E-state index in [1.165, 1.54) is 10.4 Å². The first-order chi connectivity index (χ1) is 8.47. The van der Waals surface area contributed by atoms with Gasteiger partial charge in [-0.25, -0.2) is 0 Å². The van der Waals surface area contributed by atoms with Crippen LogP contribution in [0.2, 0.25) is 0 Å². The SMILES string of the molecule is Cc1cc(C(=O)N2CCS(=O)CC(C)C2)sc1C. The Kier molecular flexibility index (Phi) is 4.22. The standard InChI is InChI=1S/C13H19NO2S2/c1-9-7-14(4-5-18(16)8-9)13(15)12-6-10(2)11(3)17-12/h6,9H,4-5,7-8H2,1-3H3. The first-order valence-corrected chi connectivity index (χ1v) is 8.49. The Morgan fingerprint density at radius 3 is 2.83 bits per heavy atom. The van der Waals surface area contributed by atoms with Crippen molar-refractivity contribution in [3.63, 3.8) is 0 Å². The van der Waals surface area contributed by atoms with Gasteiger partial charge in [-0.2, -0.15) is 0 Å². The molecule has 0 bridgehead atoms. The number of amides is 1. The molecular weight excluding hydrogens is 266 g/mol. The van der Waals surface area contributed by atoms with E-state index in [1.54, 1.807) is 11.3 Å². The van der Waals surface area contributed by atoms with Gasteiger partial charge < -0.3 is 4.90 Å². The second kappa shape index (κ2) is 5.53. The number of rotatable bonds is 1. The van der Waals surface area contributed by atoms with Crippen molar-refractivity contribution in [1.29, 1.82) is 0 Å². The van der Waals surface area contributed by atoms with Gasteiger partial charge >= 0.3 is 0 Å². The molecule has 0 radical (unpaired) electrons. The van der Waals surface area contributed by atoms with E-state index in [4.69, 9.17) is 0 Å². The van der Waals surface area contributed by atoms with Gasteiger partial charge in [-0.05, 0) is 31.4 Å². The van der Waals surface area contributed by atoms with E-state index in [9.17, 15) is 9.00 Å². The normalized spacial score (nSPS) is 24.9. The summed E-state index contributed by atoms with van der Waals surface area (Å²) in [5.41, 5.74) is 1.18. The Morgan fingerprint density at radius 2 is 2.22 bits per heavy atom. The zero-order valence-electron chi connectivity index (χ0n) is 11.1. The molecule has 2 unspecified atom stereocenters. The molecule has 1 aromatic rings. The van der Waals surface area contributed by atoms with Crippen LogP contribution in [0.3, 0.4) is 0 Å². The lowest BCUT2D eigenvalue weighted by atomic mass is 10.2. The highest BCUT2D eigenvalue weighted by Gasteiger charge is 2.24. The van der Waals surface area contributed by atoms with E-state index in [-0.39, 0.29) is 5.91 Å². The first-order valence-electron chi connectivity index (χ1n) is 6.18. The lowest BCUT2D eigenvalue weighted by Crippen LogP contribution is -2.34. The van der Waals surface area contributed by atoms with E-state index < -0.39 is 10.8 Å². The molecule has 1 amide bonds. The van der Waals surface area contributed by atoms with E-state index in [0.717, 1.165) is 11.4 Å². The third-order valence-corrected chi connectivity index (χ3v) is 5.97. The van der Waals surface area contributed by atoms with Crippen molar-refractivity contribution in [1.82, 2.24) is 4.90 Å². The molecular formula is C13H19NO2S2. The maximum Gasteiger partial charge on any atom is 0.263 e. The predicted octanol–water partition coefficient (Wildman–Crippen LogP) is 2.21. The number of hydrogen-bond donors (Lipinski definition) is 0. The summed E-state index contributed by atoms with van der Waals surface area (Å²) in [5, 5.41) is 0. The quantitative estimate of drug-likeness (QED) is 0.793. The van der Waals surface area contributed by atoms with E-state index in [1.807, 2.05) is 24.8 Å². The van der Waals surface area contributed by atoms with Crippen molar-refractivity contribution < 1.29 is 9.00 Å². The molecule has 0 spiro atoms. The molecule has 0 aromatic carbocycles. The van der Waals surface area contributed by atoms with E-state index >= 15 is 0 Å². The van der Waals surface area contributed by atoms with Gasteiger partial charge in [0, 0.05) is 40.3 Å². The van der Waals surface area contributed by atoms with Gasteiger partial charge in [0.2, 0.25) is 0 Å². The van der Waals surface area contributed by atoms with Gasteiger partial charge in [-0.1, -0.05) is 6.92 Å². The Morgan fingerprint density at radius 1 is 1.50 bits per heavy atom. The van der Waals surface area contributed by atoms with Crippen LogP contribution in [0.25, 0.3) is 0 Å². The summed E-state index contributed by atoms with van der Waals surface area (Å²) in [5.74, 6) is 1.74. The van der Waals surface area contributed by atoms with Crippen molar-refractivity contribution in [2.24, 2.45) is 5.92 Å². The monoisotopic (exact) mass is 285 g/mol. The highest BCUT2D eigenvalue weighted by atomic mass is 32.2. The summed E-state index contributed by atoms with van der Waals surface area (Å²) in [6.45, 7) is 7.47.